The standard InChI is InChI=1S/C7H13NO3/c9-5-3-8-2-1-4(8)6(10)7(5)11/h4-7,9-11H,1-3H2/t4-,5-,6-,7+/m0/s1. The van der Waals surface area contributed by atoms with Crippen molar-refractivity contribution in [2.24, 2.45) is 0 Å². The molecule has 0 unspecified atom stereocenters. The molecule has 0 saturated carbocycles. The molecule has 0 aliphatic carbocycles. The molecule has 0 spiro atoms. The lowest BCUT2D eigenvalue weighted by Crippen LogP contribution is -2.66. The fourth-order valence-electron chi connectivity index (χ4n) is 1.88. The summed E-state index contributed by atoms with van der Waals surface area (Å²) < 4.78 is 0. The van der Waals surface area contributed by atoms with Gasteiger partial charge in [-0.2, -0.15) is 0 Å². The summed E-state index contributed by atoms with van der Waals surface area (Å²) in [4.78, 5) is 2.00. The molecule has 2 saturated heterocycles. The molecule has 2 aliphatic rings. The van der Waals surface area contributed by atoms with Gasteiger partial charge in [-0.05, 0) is 6.42 Å². The zero-order chi connectivity index (χ0) is 8.01. The first-order chi connectivity index (χ1) is 5.20. The van der Waals surface area contributed by atoms with Crippen molar-refractivity contribution in [3.8, 4) is 0 Å². The van der Waals surface area contributed by atoms with E-state index in [9.17, 15) is 15.3 Å². The molecule has 0 amide bonds. The second kappa shape index (κ2) is 2.42. The second-order valence-corrected chi connectivity index (χ2v) is 3.40. The number of fused-ring (bicyclic) bond motifs is 1. The van der Waals surface area contributed by atoms with Gasteiger partial charge in [0.15, 0.2) is 0 Å². The van der Waals surface area contributed by atoms with Crippen LogP contribution in [0.25, 0.3) is 0 Å². The van der Waals surface area contributed by atoms with E-state index in [2.05, 4.69) is 0 Å². The molecule has 0 aromatic carbocycles. The van der Waals surface area contributed by atoms with Crippen molar-refractivity contribution in [3.63, 3.8) is 0 Å². The van der Waals surface area contributed by atoms with E-state index in [0.717, 1.165) is 13.0 Å². The van der Waals surface area contributed by atoms with Crippen LogP contribution in [0.4, 0.5) is 0 Å². The predicted molar refractivity (Wildman–Crippen MR) is 38.0 cm³/mol. The zero-order valence-electron chi connectivity index (χ0n) is 6.22. The normalized spacial score (nSPS) is 51.5. The molecule has 0 bridgehead atoms. The van der Waals surface area contributed by atoms with Crippen molar-refractivity contribution >= 4 is 0 Å². The third-order valence-corrected chi connectivity index (χ3v) is 2.74. The summed E-state index contributed by atoms with van der Waals surface area (Å²) in [5.41, 5.74) is 0. The van der Waals surface area contributed by atoms with E-state index in [0.29, 0.717) is 6.54 Å². The van der Waals surface area contributed by atoms with Crippen LogP contribution in [0.1, 0.15) is 6.42 Å². The van der Waals surface area contributed by atoms with Crippen LogP contribution in [0.15, 0.2) is 0 Å². The summed E-state index contributed by atoms with van der Waals surface area (Å²) in [7, 11) is 0. The number of aliphatic hydroxyl groups is 3. The molecule has 2 rings (SSSR count). The molecule has 4 nitrogen and oxygen atoms in total. The Morgan fingerprint density at radius 1 is 1.09 bits per heavy atom. The van der Waals surface area contributed by atoms with Gasteiger partial charge in [0, 0.05) is 19.1 Å². The van der Waals surface area contributed by atoms with E-state index < -0.39 is 18.3 Å². The molecule has 4 atom stereocenters. The SMILES string of the molecule is O[C@@H]1[C@H](O)[C@@H](O)CN2CC[C@@H]12. The lowest BCUT2D eigenvalue weighted by molar-refractivity contribution is -0.164. The molecule has 0 aromatic heterocycles. The summed E-state index contributed by atoms with van der Waals surface area (Å²) in [6, 6.07) is 0.0911. The van der Waals surface area contributed by atoms with Crippen LogP contribution in [-0.4, -0.2) is 57.7 Å². The van der Waals surface area contributed by atoms with Gasteiger partial charge in [-0.25, -0.2) is 0 Å². The molecule has 0 radical (unpaired) electrons. The zero-order valence-corrected chi connectivity index (χ0v) is 6.22. The number of nitrogens with zero attached hydrogens (tertiary/aromatic N) is 1. The van der Waals surface area contributed by atoms with Crippen LogP contribution in [-0.2, 0) is 0 Å². The molecule has 0 aromatic rings. The lowest BCUT2D eigenvalue weighted by atomic mass is 9.86. The number of hydrogen-bond donors (Lipinski definition) is 3. The molecule has 2 heterocycles. The van der Waals surface area contributed by atoms with Gasteiger partial charge in [-0.3, -0.25) is 4.90 Å². The second-order valence-electron chi connectivity index (χ2n) is 3.40. The molecule has 3 N–H and O–H groups in total. The highest BCUT2D eigenvalue weighted by molar-refractivity contribution is 4.99. The smallest absolute Gasteiger partial charge is 0.108 e. The fourth-order valence-corrected chi connectivity index (χ4v) is 1.88. The maximum Gasteiger partial charge on any atom is 0.108 e. The van der Waals surface area contributed by atoms with Gasteiger partial charge in [-0.15, -0.1) is 0 Å². The average molecular weight is 159 g/mol. The molecule has 2 aliphatic heterocycles. The van der Waals surface area contributed by atoms with Gasteiger partial charge in [-0.1, -0.05) is 0 Å². The molecule has 2 fully saturated rings. The number of hydrogen-bond acceptors (Lipinski definition) is 4. The van der Waals surface area contributed by atoms with Crippen LogP contribution in [0.2, 0.25) is 0 Å². The molecular weight excluding hydrogens is 146 g/mol. The monoisotopic (exact) mass is 159 g/mol. The highest BCUT2D eigenvalue weighted by atomic mass is 16.4. The highest BCUT2D eigenvalue weighted by Gasteiger charge is 2.45. The van der Waals surface area contributed by atoms with Gasteiger partial charge in [0.2, 0.25) is 0 Å². The van der Waals surface area contributed by atoms with Crippen molar-refractivity contribution in [2.45, 2.75) is 30.8 Å². The number of piperidine rings is 1. The third kappa shape index (κ3) is 0.980. The third-order valence-electron chi connectivity index (χ3n) is 2.74. The van der Waals surface area contributed by atoms with E-state index in [1.54, 1.807) is 0 Å². The maximum atomic E-state index is 9.39. The largest absolute Gasteiger partial charge is 0.389 e. The quantitative estimate of drug-likeness (QED) is 0.388. The lowest BCUT2D eigenvalue weighted by Gasteiger charge is -2.50. The van der Waals surface area contributed by atoms with Crippen molar-refractivity contribution < 1.29 is 15.3 Å². The highest BCUT2D eigenvalue weighted by Crippen LogP contribution is 2.28. The van der Waals surface area contributed by atoms with Gasteiger partial charge in [0.25, 0.3) is 0 Å². The first kappa shape index (κ1) is 7.49. The molecule has 4 heteroatoms. The van der Waals surface area contributed by atoms with E-state index >= 15 is 0 Å². The first-order valence-electron chi connectivity index (χ1n) is 3.98. The minimum Gasteiger partial charge on any atom is -0.389 e. The summed E-state index contributed by atoms with van der Waals surface area (Å²) in [6.07, 6.45) is -1.55. The van der Waals surface area contributed by atoms with Crippen molar-refractivity contribution in [1.29, 1.82) is 0 Å². The van der Waals surface area contributed by atoms with E-state index in [1.807, 2.05) is 4.90 Å². The Bertz CT molecular complexity index is 158. The van der Waals surface area contributed by atoms with E-state index in [4.69, 9.17) is 0 Å². The topological polar surface area (TPSA) is 63.9 Å². The average Bonchev–Trinajstić information content (AvgIpc) is 1.93. The number of rotatable bonds is 0. The Labute approximate surface area is 65.1 Å². The van der Waals surface area contributed by atoms with E-state index in [1.165, 1.54) is 0 Å². The molecular formula is C7H13NO3. The Hall–Kier alpha value is -0.160. The summed E-state index contributed by atoms with van der Waals surface area (Å²) in [5.74, 6) is 0. The van der Waals surface area contributed by atoms with Crippen LogP contribution < -0.4 is 0 Å². The maximum absolute atomic E-state index is 9.39. The van der Waals surface area contributed by atoms with Crippen LogP contribution in [0.3, 0.4) is 0 Å². The Balaban J connectivity index is 2.06. The first-order valence-corrected chi connectivity index (χ1v) is 3.98. The summed E-state index contributed by atoms with van der Waals surface area (Å²) >= 11 is 0. The van der Waals surface area contributed by atoms with Gasteiger partial charge in [0.05, 0.1) is 12.2 Å². The number of aliphatic hydroxyl groups excluding tert-OH is 3. The Morgan fingerprint density at radius 2 is 1.82 bits per heavy atom. The van der Waals surface area contributed by atoms with Gasteiger partial charge in [0.1, 0.15) is 6.10 Å². The van der Waals surface area contributed by atoms with Crippen molar-refractivity contribution in [3.05, 3.63) is 0 Å². The van der Waals surface area contributed by atoms with Crippen molar-refractivity contribution in [1.82, 2.24) is 4.90 Å². The fraction of sp³-hybridized carbons (Fsp3) is 1.00. The molecule has 64 valence electrons. The van der Waals surface area contributed by atoms with Gasteiger partial charge >= 0.3 is 0 Å². The Morgan fingerprint density at radius 3 is 2.36 bits per heavy atom. The van der Waals surface area contributed by atoms with E-state index in [-0.39, 0.29) is 6.04 Å². The predicted octanol–water partition coefficient (Wildman–Crippen LogP) is -1.84. The van der Waals surface area contributed by atoms with Crippen LogP contribution in [0.5, 0.6) is 0 Å². The van der Waals surface area contributed by atoms with Crippen LogP contribution >= 0.6 is 0 Å². The van der Waals surface area contributed by atoms with Crippen molar-refractivity contribution in [2.75, 3.05) is 13.1 Å². The summed E-state index contributed by atoms with van der Waals surface area (Å²) in [5, 5.41) is 27.8. The Kier molecular flexibility index (Phi) is 1.64. The minimum atomic E-state index is -0.948. The summed E-state index contributed by atoms with van der Waals surface area (Å²) in [6.45, 7) is 1.44. The minimum absolute atomic E-state index is 0.0911. The van der Waals surface area contributed by atoms with Gasteiger partial charge < -0.3 is 15.3 Å². The molecule has 11 heavy (non-hydrogen) atoms. The van der Waals surface area contributed by atoms with Crippen LogP contribution in [0, 0.1) is 0 Å².